The SMILES string of the molecule is CC(C)(C)C1CCC(CCc2cccs2)(C(=O)O)CC1. The number of rotatable bonds is 4. The zero-order chi connectivity index (χ0) is 14.8. The summed E-state index contributed by atoms with van der Waals surface area (Å²) in [4.78, 5) is 13.1. The first kappa shape index (κ1) is 15.6. The third-order valence-corrected chi connectivity index (χ3v) is 5.99. The Hall–Kier alpha value is -0.830. The lowest BCUT2D eigenvalue weighted by molar-refractivity contribution is -0.152. The maximum Gasteiger partial charge on any atom is 0.309 e. The molecule has 0 atom stereocenters. The molecule has 3 heteroatoms. The Morgan fingerprint density at radius 1 is 1.40 bits per heavy atom. The summed E-state index contributed by atoms with van der Waals surface area (Å²) in [6, 6.07) is 4.16. The van der Waals surface area contributed by atoms with E-state index in [1.54, 1.807) is 11.3 Å². The van der Waals surface area contributed by atoms with Crippen molar-refractivity contribution in [3.05, 3.63) is 22.4 Å². The van der Waals surface area contributed by atoms with Gasteiger partial charge in [-0.1, -0.05) is 26.8 Å². The minimum Gasteiger partial charge on any atom is -0.481 e. The first-order chi connectivity index (χ1) is 9.33. The van der Waals surface area contributed by atoms with E-state index in [1.165, 1.54) is 4.88 Å². The van der Waals surface area contributed by atoms with Crippen LogP contribution in [0, 0.1) is 16.7 Å². The summed E-state index contributed by atoms with van der Waals surface area (Å²) in [5, 5.41) is 11.8. The van der Waals surface area contributed by atoms with Crippen molar-refractivity contribution in [1.29, 1.82) is 0 Å². The lowest BCUT2D eigenvalue weighted by Crippen LogP contribution is -2.38. The fourth-order valence-electron chi connectivity index (χ4n) is 3.42. The van der Waals surface area contributed by atoms with E-state index in [-0.39, 0.29) is 0 Å². The number of hydrogen-bond acceptors (Lipinski definition) is 2. The van der Waals surface area contributed by atoms with Gasteiger partial charge < -0.3 is 5.11 Å². The molecular weight excluding hydrogens is 268 g/mol. The van der Waals surface area contributed by atoms with Crippen LogP contribution in [-0.4, -0.2) is 11.1 Å². The van der Waals surface area contributed by atoms with Gasteiger partial charge in [0.15, 0.2) is 0 Å². The number of aryl methyl sites for hydroxylation is 1. The number of carboxylic acids is 1. The van der Waals surface area contributed by atoms with E-state index >= 15 is 0 Å². The van der Waals surface area contributed by atoms with Crippen molar-refractivity contribution in [2.75, 3.05) is 0 Å². The molecule has 1 saturated carbocycles. The van der Waals surface area contributed by atoms with Crippen molar-refractivity contribution in [1.82, 2.24) is 0 Å². The van der Waals surface area contributed by atoms with Crippen molar-refractivity contribution in [2.24, 2.45) is 16.7 Å². The zero-order valence-corrected chi connectivity index (χ0v) is 13.6. The molecule has 1 N–H and O–H groups in total. The molecule has 0 bridgehead atoms. The highest BCUT2D eigenvalue weighted by molar-refractivity contribution is 7.09. The van der Waals surface area contributed by atoms with Gasteiger partial charge in [0.1, 0.15) is 0 Å². The molecule has 112 valence electrons. The zero-order valence-electron chi connectivity index (χ0n) is 12.8. The average molecular weight is 294 g/mol. The normalized spacial score (nSPS) is 27.4. The third-order valence-electron chi connectivity index (χ3n) is 5.05. The molecule has 1 aliphatic carbocycles. The second-order valence-electron chi connectivity index (χ2n) is 7.31. The molecule has 0 aliphatic heterocycles. The molecule has 20 heavy (non-hydrogen) atoms. The molecule has 0 radical (unpaired) electrons. The van der Waals surface area contributed by atoms with E-state index in [1.807, 2.05) is 6.07 Å². The van der Waals surface area contributed by atoms with E-state index in [9.17, 15) is 9.90 Å². The van der Waals surface area contributed by atoms with E-state index in [2.05, 4.69) is 32.2 Å². The largest absolute Gasteiger partial charge is 0.481 e. The number of aliphatic carboxylic acids is 1. The van der Waals surface area contributed by atoms with Gasteiger partial charge in [0.2, 0.25) is 0 Å². The lowest BCUT2D eigenvalue weighted by atomic mass is 9.62. The van der Waals surface area contributed by atoms with E-state index in [4.69, 9.17) is 0 Å². The van der Waals surface area contributed by atoms with Crippen LogP contribution in [0.25, 0.3) is 0 Å². The van der Waals surface area contributed by atoms with Crippen molar-refractivity contribution >= 4 is 17.3 Å². The Labute approximate surface area is 126 Å². The maximum absolute atomic E-state index is 11.8. The van der Waals surface area contributed by atoms with E-state index in [0.717, 1.165) is 38.5 Å². The maximum atomic E-state index is 11.8. The van der Waals surface area contributed by atoms with Gasteiger partial charge >= 0.3 is 5.97 Å². The van der Waals surface area contributed by atoms with Crippen LogP contribution in [-0.2, 0) is 11.2 Å². The fraction of sp³-hybridized carbons (Fsp3) is 0.706. The van der Waals surface area contributed by atoms with Gasteiger partial charge in [0, 0.05) is 4.88 Å². The van der Waals surface area contributed by atoms with Gasteiger partial charge in [-0.25, -0.2) is 0 Å². The van der Waals surface area contributed by atoms with Crippen molar-refractivity contribution in [2.45, 2.75) is 59.3 Å². The van der Waals surface area contributed by atoms with Gasteiger partial charge in [0.05, 0.1) is 5.41 Å². The van der Waals surface area contributed by atoms with Gasteiger partial charge in [-0.05, 0) is 61.3 Å². The first-order valence-corrected chi connectivity index (χ1v) is 8.47. The van der Waals surface area contributed by atoms with Crippen LogP contribution < -0.4 is 0 Å². The molecule has 0 aromatic carbocycles. The topological polar surface area (TPSA) is 37.3 Å². The number of carbonyl (C=O) groups is 1. The molecular formula is C17H26O2S. The molecule has 1 fully saturated rings. The summed E-state index contributed by atoms with van der Waals surface area (Å²) in [7, 11) is 0. The van der Waals surface area contributed by atoms with Crippen LogP contribution in [0.3, 0.4) is 0 Å². The van der Waals surface area contributed by atoms with Gasteiger partial charge in [-0.2, -0.15) is 0 Å². The van der Waals surface area contributed by atoms with Crippen molar-refractivity contribution in [3.8, 4) is 0 Å². The molecule has 1 aromatic heterocycles. The lowest BCUT2D eigenvalue weighted by Gasteiger charge is -2.41. The van der Waals surface area contributed by atoms with Crippen LogP contribution in [0.5, 0.6) is 0 Å². The van der Waals surface area contributed by atoms with Gasteiger partial charge in [-0.15, -0.1) is 11.3 Å². The van der Waals surface area contributed by atoms with Crippen LogP contribution in [0.1, 0.15) is 57.8 Å². The number of hydrogen-bond donors (Lipinski definition) is 1. The molecule has 0 spiro atoms. The molecule has 1 aromatic rings. The summed E-state index contributed by atoms with van der Waals surface area (Å²) in [6.45, 7) is 6.82. The van der Waals surface area contributed by atoms with E-state index in [0.29, 0.717) is 11.3 Å². The quantitative estimate of drug-likeness (QED) is 0.849. The Morgan fingerprint density at radius 3 is 2.50 bits per heavy atom. The summed E-state index contributed by atoms with van der Waals surface area (Å²) >= 11 is 1.73. The van der Waals surface area contributed by atoms with Crippen LogP contribution in [0.4, 0.5) is 0 Å². The molecule has 1 heterocycles. The molecule has 0 unspecified atom stereocenters. The highest BCUT2D eigenvalue weighted by Gasteiger charge is 2.43. The van der Waals surface area contributed by atoms with Crippen LogP contribution in [0.15, 0.2) is 17.5 Å². The molecule has 2 rings (SSSR count). The Morgan fingerprint density at radius 2 is 2.05 bits per heavy atom. The first-order valence-electron chi connectivity index (χ1n) is 7.59. The van der Waals surface area contributed by atoms with Gasteiger partial charge in [0.25, 0.3) is 0 Å². The summed E-state index contributed by atoms with van der Waals surface area (Å²) < 4.78 is 0. The summed E-state index contributed by atoms with van der Waals surface area (Å²) in [5.74, 6) is 0.0816. The van der Waals surface area contributed by atoms with E-state index < -0.39 is 11.4 Å². The molecule has 0 amide bonds. The number of thiophene rings is 1. The highest BCUT2D eigenvalue weighted by atomic mass is 32.1. The third kappa shape index (κ3) is 3.43. The van der Waals surface area contributed by atoms with Crippen molar-refractivity contribution < 1.29 is 9.90 Å². The monoisotopic (exact) mass is 294 g/mol. The molecule has 0 saturated heterocycles. The highest BCUT2D eigenvalue weighted by Crippen LogP contribution is 2.47. The predicted molar refractivity (Wildman–Crippen MR) is 84.1 cm³/mol. The van der Waals surface area contributed by atoms with Gasteiger partial charge in [-0.3, -0.25) is 4.79 Å². The van der Waals surface area contributed by atoms with Crippen LogP contribution in [0.2, 0.25) is 0 Å². The predicted octanol–water partition coefficient (Wildman–Crippen LogP) is 4.99. The standard InChI is InChI=1S/C17H26O2S/c1-16(2,3)13-6-9-17(10-7-13,15(18)19)11-8-14-5-4-12-20-14/h4-5,12-13H,6-11H2,1-3H3,(H,18,19). The Balaban J connectivity index is 2.00. The minimum absolute atomic E-state index is 0.304. The Kier molecular flexibility index (Phi) is 4.58. The fourth-order valence-corrected chi connectivity index (χ4v) is 4.13. The summed E-state index contributed by atoms with van der Waals surface area (Å²) in [5.41, 5.74) is -0.176. The number of carboxylic acid groups (broad SMARTS) is 1. The van der Waals surface area contributed by atoms with Crippen LogP contribution >= 0.6 is 11.3 Å². The Bertz CT molecular complexity index is 434. The second kappa shape index (κ2) is 5.88. The second-order valence-corrected chi connectivity index (χ2v) is 8.34. The smallest absolute Gasteiger partial charge is 0.309 e. The minimum atomic E-state index is -0.582. The van der Waals surface area contributed by atoms with Crippen molar-refractivity contribution in [3.63, 3.8) is 0 Å². The average Bonchev–Trinajstić information content (AvgIpc) is 2.88. The summed E-state index contributed by atoms with van der Waals surface area (Å²) in [6.07, 6.45) is 5.50. The molecule has 1 aliphatic rings. The molecule has 2 nitrogen and oxygen atoms in total.